The van der Waals surface area contributed by atoms with Crippen LogP contribution in [0.25, 0.3) is 5.82 Å². The van der Waals surface area contributed by atoms with Gasteiger partial charge < -0.3 is 4.74 Å². The fourth-order valence-electron chi connectivity index (χ4n) is 2.12. The van der Waals surface area contributed by atoms with E-state index in [4.69, 9.17) is 10.00 Å². The summed E-state index contributed by atoms with van der Waals surface area (Å²) >= 11 is 0. The lowest BCUT2D eigenvalue weighted by Crippen LogP contribution is -2.08. The van der Waals surface area contributed by atoms with Gasteiger partial charge in [0.05, 0.1) is 17.8 Å². The van der Waals surface area contributed by atoms with E-state index in [0.29, 0.717) is 23.9 Å². The summed E-state index contributed by atoms with van der Waals surface area (Å²) in [6.45, 7) is 0.536. The highest BCUT2D eigenvalue weighted by atomic mass is 16.5. The Bertz CT molecular complexity index is 737. The van der Waals surface area contributed by atoms with Gasteiger partial charge in [-0.25, -0.2) is 4.98 Å². The van der Waals surface area contributed by atoms with Crippen LogP contribution >= 0.6 is 0 Å². The van der Waals surface area contributed by atoms with E-state index in [1.165, 1.54) is 5.57 Å². The summed E-state index contributed by atoms with van der Waals surface area (Å²) in [5, 5.41) is 13.2. The summed E-state index contributed by atoms with van der Waals surface area (Å²) in [6, 6.07) is 7.23. The Kier molecular flexibility index (Phi) is 3.79. The molecule has 21 heavy (non-hydrogen) atoms. The third-order valence-electron chi connectivity index (χ3n) is 3.21. The van der Waals surface area contributed by atoms with Crippen molar-refractivity contribution in [1.82, 2.24) is 14.8 Å². The van der Waals surface area contributed by atoms with Gasteiger partial charge in [-0.2, -0.15) is 15.0 Å². The maximum Gasteiger partial charge on any atom is 0.218 e. The zero-order chi connectivity index (χ0) is 14.5. The van der Waals surface area contributed by atoms with Crippen LogP contribution in [-0.4, -0.2) is 21.4 Å². The van der Waals surface area contributed by atoms with Crippen LogP contribution in [0.1, 0.15) is 18.4 Å². The van der Waals surface area contributed by atoms with Crippen LogP contribution in [0, 0.1) is 11.3 Å². The van der Waals surface area contributed by atoms with Crippen LogP contribution in [0.3, 0.4) is 0 Å². The topological polar surface area (TPSA) is 63.7 Å². The average Bonchev–Trinajstić information content (AvgIpc) is 3.02. The van der Waals surface area contributed by atoms with Crippen molar-refractivity contribution in [2.24, 2.45) is 0 Å². The molecule has 0 aliphatic heterocycles. The molecule has 2 aromatic rings. The predicted octanol–water partition coefficient (Wildman–Crippen LogP) is 2.79. The number of hydrogen-bond donors (Lipinski definition) is 0. The molecule has 1 aliphatic carbocycles. The van der Waals surface area contributed by atoms with E-state index in [2.05, 4.69) is 34.4 Å². The number of hydrogen-bond acceptors (Lipinski definition) is 4. The Labute approximate surface area is 122 Å². The molecule has 0 N–H and O–H groups in total. The first-order valence-electron chi connectivity index (χ1n) is 6.75. The molecule has 0 atom stereocenters. The Hall–Kier alpha value is -2.87. The summed E-state index contributed by atoms with van der Waals surface area (Å²) in [6.07, 6.45) is 11.6. The molecule has 104 valence electrons. The summed E-state index contributed by atoms with van der Waals surface area (Å²) in [7, 11) is 0. The van der Waals surface area contributed by atoms with Crippen molar-refractivity contribution in [3.8, 4) is 17.8 Å². The van der Waals surface area contributed by atoms with Gasteiger partial charge in [-0.15, -0.1) is 0 Å². The van der Waals surface area contributed by atoms with Gasteiger partial charge in [0, 0.05) is 18.3 Å². The lowest BCUT2D eigenvalue weighted by molar-refractivity contribution is 0.322. The standard InChI is InChI=1S/C16H14N4O/c17-11-14-6-8-18-15(10-14)20-16(7-9-19-20)21-12-13-4-2-1-3-5-13/h1-2,4,6-10H,3,5,12H2. The maximum atomic E-state index is 8.95. The Morgan fingerprint density at radius 1 is 1.33 bits per heavy atom. The molecule has 0 spiro atoms. The largest absolute Gasteiger partial charge is 0.473 e. The molecule has 0 saturated carbocycles. The third kappa shape index (κ3) is 3.00. The first-order valence-corrected chi connectivity index (χ1v) is 6.75. The van der Waals surface area contributed by atoms with Crippen molar-refractivity contribution in [3.05, 3.63) is 60.0 Å². The quantitative estimate of drug-likeness (QED) is 0.862. The number of ether oxygens (including phenoxy) is 1. The van der Waals surface area contributed by atoms with Gasteiger partial charge in [0.25, 0.3) is 0 Å². The van der Waals surface area contributed by atoms with Crippen molar-refractivity contribution < 1.29 is 4.74 Å². The van der Waals surface area contributed by atoms with E-state index in [0.717, 1.165) is 12.8 Å². The van der Waals surface area contributed by atoms with Crippen LogP contribution in [0.2, 0.25) is 0 Å². The minimum absolute atomic E-state index is 0.536. The van der Waals surface area contributed by atoms with E-state index >= 15 is 0 Å². The van der Waals surface area contributed by atoms with Gasteiger partial charge in [-0.05, 0) is 24.5 Å². The van der Waals surface area contributed by atoms with Crippen molar-refractivity contribution >= 4 is 0 Å². The molecule has 3 rings (SSSR count). The van der Waals surface area contributed by atoms with Crippen molar-refractivity contribution in [2.45, 2.75) is 12.8 Å². The second kappa shape index (κ2) is 6.06. The average molecular weight is 278 g/mol. The maximum absolute atomic E-state index is 8.95. The fraction of sp³-hybridized carbons (Fsp3) is 0.188. The molecule has 5 nitrogen and oxygen atoms in total. The molecule has 0 aromatic carbocycles. The second-order valence-electron chi connectivity index (χ2n) is 4.68. The lowest BCUT2D eigenvalue weighted by Gasteiger charge is -2.12. The van der Waals surface area contributed by atoms with Gasteiger partial charge in [-0.3, -0.25) is 0 Å². The van der Waals surface area contributed by atoms with Crippen LogP contribution < -0.4 is 4.74 Å². The minimum atomic E-state index is 0.536. The molecular weight excluding hydrogens is 264 g/mol. The normalized spacial score (nSPS) is 13.6. The van der Waals surface area contributed by atoms with Crippen molar-refractivity contribution in [2.75, 3.05) is 6.61 Å². The van der Waals surface area contributed by atoms with Crippen LogP contribution in [-0.2, 0) is 0 Å². The number of rotatable bonds is 4. The third-order valence-corrected chi connectivity index (χ3v) is 3.21. The highest BCUT2D eigenvalue weighted by Gasteiger charge is 2.09. The fourth-order valence-corrected chi connectivity index (χ4v) is 2.12. The second-order valence-corrected chi connectivity index (χ2v) is 4.68. The summed E-state index contributed by atoms with van der Waals surface area (Å²) < 4.78 is 7.42. The summed E-state index contributed by atoms with van der Waals surface area (Å²) in [5.41, 5.74) is 1.80. The highest BCUT2D eigenvalue weighted by molar-refractivity contribution is 5.37. The number of pyridine rings is 1. The molecule has 1 aliphatic rings. The zero-order valence-electron chi connectivity index (χ0n) is 11.4. The molecule has 0 fully saturated rings. The lowest BCUT2D eigenvalue weighted by atomic mass is 10.1. The Morgan fingerprint density at radius 2 is 2.29 bits per heavy atom. The number of nitriles is 1. The molecule has 2 heterocycles. The van der Waals surface area contributed by atoms with Crippen LogP contribution in [0.5, 0.6) is 5.88 Å². The Morgan fingerprint density at radius 3 is 3.10 bits per heavy atom. The van der Waals surface area contributed by atoms with E-state index in [-0.39, 0.29) is 0 Å². The van der Waals surface area contributed by atoms with Gasteiger partial charge in [0.2, 0.25) is 5.88 Å². The number of aromatic nitrogens is 3. The van der Waals surface area contributed by atoms with E-state index < -0.39 is 0 Å². The zero-order valence-corrected chi connectivity index (χ0v) is 11.4. The first kappa shape index (κ1) is 13.1. The SMILES string of the molecule is N#Cc1ccnc(-n2nccc2OCC2=CC=CCC2)c1. The number of nitrogens with zero attached hydrogens (tertiary/aromatic N) is 4. The monoisotopic (exact) mass is 278 g/mol. The van der Waals surface area contributed by atoms with Crippen molar-refractivity contribution in [3.63, 3.8) is 0 Å². The molecule has 0 bridgehead atoms. The molecule has 0 unspecified atom stereocenters. The molecule has 5 heteroatoms. The molecular formula is C16H14N4O. The predicted molar refractivity (Wildman–Crippen MR) is 78.0 cm³/mol. The first-order chi connectivity index (χ1) is 10.4. The Balaban J connectivity index is 1.79. The molecule has 0 radical (unpaired) electrons. The summed E-state index contributed by atoms with van der Waals surface area (Å²) in [4.78, 5) is 4.23. The van der Waals surface area contributed by atoms with Crippen LogP contribution in [0.4, 0.5) is 0 Å². The van der Waals surface area contributed by atoms with Gasteiger partial charge in [0.1, 0.15) is 6.61 Å². The van der Waals surface area contributed by atoms with Gasteiger partial charge in [-0.1, -0.05) is 18.2 Å². The van der Waals surface area contributed by atoms with E-state index in [1.807, 2.05) is 0 Å². The summed E-state index contributed by atoms with van der Waals surface area (Å²) in [5.74, 6) is 1.19. The van der Waals surface area contributed by atoms with E-state index in [1.54, 1.807) is 35.3 Å². The highest BCUT2D eigenvalue weighted by Crippen LogP contribution is 2.18. The minimum Gasteiger partial charge on any atom is -0.473 e. The van der Waals surface area contributed by atoms with Crippen molar-refractivity contribution in [1.29, 1.82) is 5.26 Å². The smallest absolute Gasteiger partial charge is 0.218 e. The van der Waals surface area contributed by atoms with Gasteiger partial charge >= 0.3 is 0 Å². The molecule has 2 aromatic heterocycles. The van der Waals surface area contributed by atoms with Gasteiger partial charge in [0.15, 0.2) is 5.82 Å². The number of allylic oxidation sites excluding steroid dienone is 3. The molecule has 0 amide bonds. The van der Waals surface area contributed by atoms with E-state index in [9.17, 15) is 0 Å². The van der Waals surface area contributed by atoms with Crippen LogP contribution in [0.15, 0.2) is 54.4 Å². The molecule has 0 saturated heterocycles.